The summed E-state index contributed by atoms with van der Waals surface area (Å²) in [4.78, 5) is 11.4. The van der Waals surface area contributed by atoms with Crippen molar-refractivity contribution in [1.82, 2.24) is 4.72 Å². The van der Waals surface area contributed by atoms with Crippen LogP contribution in [0.1, 0.15) is 13.8 Å². The summed E-state index contributed by atoms with van der Waals surface area (Å²) >= 11 is 0. The van der Waals surface area contributed by atoms with Crippen LogP contribution >= 0.6 is 0 Å². The fraction of sp³-hybridized carbons (Fsp3) is 0.462. The molecule has 0 fully saturated rings. The summed E-state index contributed by atoms with van der Waals surface area (Å²) in [5.74, 6) is -0.348. The van der Waals surface area contributed by atoms with Crippen LogP contribution in [0.25, 0.3) is 0 Å². The first kappa shape index (κ1) is 17.3. The number of rotatable bonds is 8. The molecule has 118 valence electrons. The minimum atomic E-state index is -3.62. The molecule has 1 aromatic rings. The van der Waals surface area contributed by atoms with E-state index in [1.54, 1.807) is 31.2 Å². The van der Waals surface area contributed by atoms with Crippen molar-refractivity contribution in [2.45, 2.75) is 19.9 Å². The highest BCUT2D eigenvalue weighted by molar-refractivity contribution is 7.89. The molecule has 0 radical (unpaired) electrons. The van der Waals surface area contributed by atoms with Gasteiger partial charge in [-0.1, -0.05) is 0 Å². The number of carbonyl (C=O) groups is 1. The molecule has 0 aliphatic rings. The van der Waals surface area contributed by atoms with Gasteiger partial charge in [-0.25, -0.2) is 13.1 Å². The number of nitrogen functional groups attached to an aromatic ring is 1. The van der Waals surface area contributed by atoms with Crippen molar-refractivity contribution in [2.75, 3.05) is 24.7 Å². The van der Waals surface area contributed by atoms with Gasteiger partial charge < -0.3 is 15.2 Å². The van der Waals surface area contributed by atoms with E-state index in [1.807, 2.05) is 0 Å². The Kier molecular flexibility index (Phi) is 6.44. The average Bonchev–Trinajstić information content (AvgIpc) is 2.40. The predicted molar refractivity (Wildman–Crippen MR) is 79.4 cm³/mol. The minimum Gasteiger partial charge on any atom is -0.492 e. The molecule has 0 saturated carbocycles. The molecule has 7 nitrogen and oxygen atoms in total. The molecule has 0 aliphatic heterocycles. The van der Waals surface area contributed by atoms with Crippen molar-refractivity contribution in [1.29, 1.82) is 0 Å². The highest BCUT2D eigenvalue weighted by Gasteiger charge is 2.21. The number of ether oxygens (including phenoxy) is 2. The zero-order valence-corrected chi connectivity index (χ0v) is 12.9. The van der Waals surface area contributed by atoms with Crippen LogP contribution in [0.4, 0.5) is 5.69 Å². The lowest BCUT2D eigenvalue weighted by Gasteiger charge is -2.13. The second kappa shape index (κ2) is 7.84. The van der Waals surface area contributed by atoms with Crippen molar-refractivity contribution >= 4 is 21.7 Å². The van der Waals surface area contributed by atoms with Gasteiger partial charge in [-0.2, -0.15) is 0 Å². The molecule has 8 heteroatoms. The standard InChI is InChI=1S/C13H20N2O5S/c1-3-19-13(16)10(2)15-21(17,18)9-8-20-12-6-4-11(14)5-7-12/h4-7,10,15H,3,8-9,14H2,1-2H3. The Morgan fingerprint density at radius 2 is 1.95 bits per heavy atom. The summed E-state index contributed by atoms with van der Waals surface area (Å²) in [6.07, 6.45) is 0. The first-order valence-corrected chi connectivity index (χ1v) is 8.14. The maximum absolute atomic E-state index is 11.8. The van der Waals surface area contributed by atoms with Crippen molar-refractivity contribution in [2.24, 2.45) is 0 Å². The van der Waals surface area contributed by atoms with Crippen LogP contribution in [0.2, 0.25) is 0 Å². The van der Waals surface area contributed by atoms with Crippen molar-refractivity contribution in [3.8, 4) is 5.75 Å². The Morgan fingerprint density at radius 3 is 2.52 bits per heavy atom. The Morgan fingerprint density at radius 1 is 1.33 bits per heavy atom. The summed E-state index contributed by atoms with van der Waals surface area (Å²) in [7, 11) is -3.62. The summed E-state index contributed by atoms with van der Waals surface area (Å²) in [5.41, 5.74) is 6.12. The number of nitrogens with one attached hydrogen (secondary N) is 1. The third-order valence-electron chi connectivity index (χ3n) is 2.50. The van der Waals surface area contributed by atoms with Gasteiger partial charge in [-0.3, -0.25) is 4.79 Å². The number of benzene rings is 1. The average molecular weight is 316 g/mol. The maximum atomic E-state index is 11.8. The van der Waals surface area contributed by atoms with E-state index in [4.69, 9.17) is 15.2 Å². The lowest BCUT2D eigenvalue weighted by Crippen LogP contribution is -2.41. The van der Waals surface area contributed by atoms with E-state index in [2.05, 4.69) is 4.72 Å². The van der Waals surface area contributed by atoms with Gasteiger partial charge in [0.1, 0.15) is 18.4 Å². The molecule has 3 N–H and O–H groups in total. The van der Waals surface area contributed by atoms with Crippen LogP contribution < -0.4 is 15.2 Å². The molecule has 0 aromatic heterocycles. The predicted octanol–water partition coefficient (Wildman–Crippen LogP) is 0.519. The third-order valence-corrected chi connectivity index (χ3v) is 3.91. The number of esters is 1. The largest absolute Gasteiger partial charge is 0.492 e. The van der Waals surface area contributed by atoms with Crippen LogP contribution in [-0.2, 0) is 19.6 Å². The topological polar surface area (TPSA) is 108 Å². The van der Waals surface area contributed by atoms with E-state index in [1.165, 1.54) is 6.92 Å². The van der Waals surface area contributed by atoms with Crippen molar-refractivity contribution in [3.63, 3.8) is 0 Å². The molecule has 0 heterocycles. The van der Waals surface area contributed by atoms with Crippen molar-refractivity contribution in [3.05, 3.63) is 24.3 Å². The van der Waals surface area contributed by atoms with Crippen LogP contribution in [0, 0.1) is 0 Å². The number of sulfonamides is 1. The van der Waals surface area contributed by atoms with Gasteiger partial charge in [0.2, 0.25) is 10.0 Å². The van der Waals surface area contributed by atoms with Gasteiger partial charge in [0, 0.05) is 5.69 Å². The van der Waals surface area contributed by atoms with E-state index in [0.29, 0.717) is 11.4 Å². The van der Waals surface area contributed by atoms with Crippen LogP contribution in [0.15, 0.2) is 24.3 Å². The minimum absolute atomic E-state index is 0.0329. The molecule has 1 rings (SSSR count). The molecule has 1 unspecified atom stereocenters. The van der Waals surface area contributed by atoms with Gasteiger partial charge in [-0.15, -0.1) is 0 Å². The Labute approximate surface area is 124 Å². The number of carbonyl (C=O) groups excluding carboxylic acids is 1. The smallest absolute Gasteiger partial charge is 0.323 e. The van der Waals surface area contributed by atoms with E-state index >= 15 is 0 Å². The van der Waals surface area contributed by atoms with Gasteiger partial charge >= 0.3 is 5.97 Å². The van der Waals surface area contributed by atoms with E-state index in [9.17, 15) is 13.2 Å². The highest BCUT2D eigenvalue weighted by Crippen LogP contribution is 2.12. The molecular formula is C13H20N2O5S. The maximum Gasteiger partial charge on any atom is 0.323 e. The van der Waals surface area contributed by atoms with Crippen LogP contribution in [-0.4, -0.2) is 39.4 Å². The summed E-state index contributed by atoms with van der Waals surface area (Å²) < 4.78 is 35.8. The molecular weight excluding hydrogens is 296 g/mol. The fourth-order valence-corrected chi connectivity index (χ4v) is 2.53. The number of anilines is 1. The molecule has 0 saturated heterocycles. The quantitative estimate of drug-likeness (QED) is 0.535. The molecule has 0 bridgehead atoms. The molecule has 0 aliphatic carbocycles. The second-order valence-corrected chi connectivity index (χ2v) is 6.20. The van der Waals surface area contributed by atoms with Crippen LogP contribution in [0.5, 0.6) is 5.75 Å². The summed E-state index contributed by atoms with van der Waals surface area (Å²) in [6.45, 7) is 3.25. The third kappa shape index (κ3) is 6.46. The normalized spacial score (nSPS) is 12.7. The first-order chi connectivity index (χ1) is 9.84. The Balaban J connectivity index is 2.42. The monoisotopic (exact) mass is 316 g/mol. The molecule has 21 heavy (non-hydrogen) atoms. The summed E-state index contributed by atoms with van der Waals surface area (Å²) in [6, 6.07) is 5.69. The van der Waals surface area contributed by atoms with Crippen molar-refractivity contribution < 1.29 is 22.7 Å². The lowest BCUT2D eigenvalue weighted by atomic mass is 10.3. The van der Waals surface area contributed by atoms with Gasteiger partial charge in [0.25, 0.3) is 0 Å². The zero-order valence-electron chi connectivity index (χ0n) is 12.0. The van der Waals surface area contributed by atoms with Gasteiger partial charge in [0.15, 0.2) is 0 Å². The molecule has 0 spiro atoms. The van der Waals surface area contributed by atoms with Gasteiger partial charge in [0.05, 0.1) is 12.4 Å². The number of nitrogens with two attached hydrogens (primary N) is 1. The van der Waals surface area contributed by atoms with Gasteiger partial charge in [-0.05, 0) is 38.1 Å². The van der Waals surface area contributed by atoms with E-state index in [0.717, 1.165) is 0 Å². The zero-order chi connectivity index (χ0) is 15.9. The Bertz CT molecular complexity index is 556. The first-order valence-electron chi connectivity index (χ1n) is 6.49. The molecule has 0 amide bonds. The highest BCUT2D eigenvalue weighted by atomic mass is 32.2. The molecule has 1 aromatic carbocycles. The van der Waals surface area contributed by atoms with Crippen LogP contribution in [0.3, 0.4) is 0 Å². The van der Waals surface area contributed by atoms with E-state index in [-0.39, 0.29) is 19.0 Å². The Hall–Kier alpha value is -1.80. The number of hydrogen-bond acceptors (Lipinski definition) is 6. The SMILES string of the molecule is CCOC(=O)C(C)NS(=O)(=O)CCOc1ccc(N)cc1. The number of hydrogen-bond donors (Lipinski definition) is 2. The lowest BCUT2D eigenvalue weighted by molar-refractivity contribution is -0.144. The summed E-state index contributed by atoms with van der Waals surface area (Å²) in [5, 5.41) is 0. The fourth-order valence-electron chi connectivity index (χ4n) is 1.48. The van der Waals surface area contributed by atoms with E-state index < -0.39 is 22.0 Å². The second-order valence-electron chi connectivity index (χ2n) is 4.33. The molecule has 1 atom stereocenters.